The number of thioether (sulfide) groups is 1. The monoisotopic (exact) mass is 247 g/mol. The van der Waals surface area contributed by atoms with Gasteiger partial charge in [0.25, 0.3) is 5.56 Å². The van der Waals surface area contributed by atoms with E-state index in [1.165, 1.54) is 6.20 Å². The number of aromatic nitrogens is 2. The number of aromatic amines is 1. The summed E-state index contributed by atoms with van der Waals surface area (Å²) >= 11 is 7.65. The van der Waals surface area contributed by atoms with Crippen LogP contribution in [0.2, 0.25) is 5.02 Å². The smallest absolute Gasteiger partial charge is 0.285 e. The van der Waals surface area contributed by atoms with Gasteiger partial charge in [0, 0.05) is 11.8 Å². The lowest BCUT2D eigenvalue weighted by molar-refractivity contribution is 0.899. The van der Waals surface area contributed by atoms with Crippen LogP contribution in [0.5, 0.6) is 0 Å². The molecule has 1 unspecified atom stereocenters. The molecule has 2 N–H and O–H groups in total. The number of hydrogen-bond donors (Lipinski definition) is 2. The summed E-state index contributed by atoms with van der Waals surface area (Å²) in [6, 6.07) is 0.260. The molecule has 1 aromatic rings. The second-order valence-electron chi connectivity index (χ2n) is 3.13. The van der Waals surface area contributed by atoms with E-state index < -0.39 is 0 Å². The van der Waals surface area contributed by atoms with Gasteiger partial charge in [0.1, 0.15) is 5.02 Å². The second-order valence-corrected chi connectivity index (χ2v) is 4.83. The number of halogens is 1. The summed E-state index contributed by atoms with van der Waals surface area (Å²) in [5, 5.41) is 9.28. The Bertz CT molecular complexity index is 369. The van der Waals surface area contributed by atoms with Crippen LogP contribution in [0.25, 0.3) is 0 Å². The van der Waals surface area contributed by atoms with Crippen LogP contribution in [0.15, 0.2) is 11.0 Å². The molecular formula is C9H14ClN3OS. The Labute approximate surface area is 97.8 Å². The Morgan fingerprint density at radius 3 is 3.13 bits per heavy atom. The van der Waals surface area contributed by atoms with Crippen molar-refractivity contribution in [1.29, 1.82) is 0 Å². The van der Waals surface area contributed by atoms with Crippen molar-refractivity contribution in [2.45, 2.75) is 19.9 Å². The fraction of sp³-hybridized carbons (Fsp3) is 0.556. The molecule has 1 rings (SSSR count). The van der Waals surface area contributed by atoms with Gasteiger partial charge in [0.05, 0.1) is 11.9 Å². The van der Waals surface area contributed by atoms with Crippen LogP contribution in [0.3, 0.4) is 0 Å². The highest BCUT2D eigenvalue weighted by Crippen LogP contribution is 2.16. The van der Waals surface area contributed by atoms with E-state index >= 15 is 0 Å². The third-order valence-electron chi connectivity index (χ3n) is 1.77. The molecule has 0 aliphatic heterocycles. The van der Waals surface area contributed by atoms with Crippen LogP contribution >= 0.6 is 23.4 Å². The predicted octanol–water partition coefficient (Wildman–Crippen LogP) is 1.98. The molecule has 0 saturated carbocycles. The van der Waals surface area contributed by atoms with E-state index in [2.05, 4.69) is 22.4 Å². The van der Waals surface area contributed by atoms with Gasteiger partial charge in [0.15, 0.2) is 0 Å². The topological polar surface area (TPSA) is 57.8 Å². The zero-order chi connectivity index (χ0) is 11.3. The molecule has 84 valence electrons. The number of H-pyrrole nitrogens is 1. The molecule has 0 aliphatic rings. The SMILES string of the molecule is CCSCC(C)Nc1cn[nH]c(=O)c1Cl. The van der Waals surface area contributed by atoms with Crippen molar-refractivity contribution in [3.63, 3.8) is 0 Å². The molecule has 4 nitrogen and oxygen atoms in total. The predicted molar refractivity (Wildman–Crippen MR) is 66.0 cm³/mol. The van der Waals surface area contributed by atoms with Gasteiger partial charge >= 0.3 is 0 Å². The van der Waals surface area contributed by atoms with E-state index in [9.17, 15) is 4.79 Å². The third-order valence-corrected chi connectivity index (χ3v) is 3.29. The van der Waals surface area contributed by atoms with Crippen molar-refractivity contribution in [3.05, 3.63) is 21.6 Å². The number of nitrogens with zero attached hydrogens (tertiary/aromatic N) is 1. The van der Waals surface area contributed by atoms with E-state index in [0.717, 1.165) is 11.5 Å². The minimum absolute atomic E-state index is 0.165. The molecule has 1 aromatic heterocycles. The highest BCUT2D eigenvalue weighted by molar-refractivity contribution is 7.99. The van der Waals surface area contributed by atoms with Crippen molar-refractivity contribution in [1.82, 2.24) is 10.2 Å². The van der Waals surface area contributed by atoms with Crippen LogP contribution in [0.1, 0.15) is 13.8 Å². The van der Waals surface area contributed by atoms with E-state index in [1.807, 2.05) is 18.7 Å². The van der Waals surface area contributed by atoms with Crippen LogP contribution in [-0.4, -0.2) is 27.7 Å². The lowest BCUT2D eigenvalue weighted by Gasteiger charge is -2.14. The number of anilines is 1. The van der Waals surface area contributed by atoms with Crippen molar-refractivity contribution in [2.24, 2.45) is 0 Å². The van der Waals surface area contributed by atoms with E-state index in [4.69, 9.17) is 11.6 Å². The molecule has 0 aromatic carbocycles. The first-order valence-electron chi connectivity index (χ1n) is 4.72. The first kappa shape index (κ1) is 12.4. The Balaban J connectivity index is 2.64. The van der Waals surface area contributed by atoms with Crippen LogP contribution in [-0.2, 0) is 0 Å². The molecule has 0 saturated heterocycles. The standard InChI is InChI=1S/C9H14ClN3OS/c1-3-15-5-6(2)12-7-4-11-13-9(14)8(7)10/h4,6H,3,5H2,1-2H3,(H2,12,13,14). The molecule has 0 radical (unpaired) electrons. The van der Waals surface area contributed by atoms with Crippen molar-refractivity contribution in [3.8, 4) is 0 Å². The summed E-state index contributed by atoms with van der Waals surface area (Å²) in [6.07, 6.45) is 1.52. The third kappa shape index (κ3) is 3.76. The highest BCUT2D eigenvalue weighted by atomic mass is 35.5. The Morgan fingerprint density at radius 1 is 1.73 bits per heavy atom. The van der Waals surface area contributed by atoms with E-state index in [1.54, 1.807) is 0 Å². The van der Waals surface area contributed by atoms with Crippen LogP contribution < -0.4 is 10.9 Å². The number of nitrogens with one attached hydrogen (secondary N) is 2. The minimum Gasteiger partial charge on any atom is -0.379 e. The van der Waals surface area contributed by atoms with Crippen LogP contribution in [0.4, 0.5) is 5.69 Å². The fourth-order valence-corrected chi connectivity index (χ4v) is 1.90. The van der Waals surface area contributed by atoms with Crippen molar-refractivity contribution >= 4 is 29.1 Å². The Morgan fingerprint density at radius 2 is 2.47 bits per heavy atom. The van der Waals surface area contributed by atoms with Crippen molar-refractivity contribution < 1.29 is 0 Å². The quantitative estimate of drug-likeness (QED) is 0.836. The highest BCUT2D eigenvalue weighted by Gasteiger charge is 2.07. The Hall–Kier alpha value is -0.680. The van der Waals surface area contributed by atoms with Gasteiger partial charge in [0.2, 0.25) is 0 Å². The largest absolute Gasteiger partial charge is 0.379 e. The molecule has 6 heteroatoms. The number of rotatable bonds is 5. The average molecular weight is 248 g/mol. The van der Waals surface area contributed by atoms with E-state index in [-0.39, 0.29) is 16.6 Å². The maximum absolute atomic E-state index is 11.1. The van der Waals surface area contributed by atoms with Gasteiger partial charge in [-0.2, -0.15) is 16.9 Å². The zero-order valence-corrected chi connectivity index (χ0v) is 10.3. The first-order valence-corrected chi connectivity index (χ1v) is 6.25. The molecule has 0 aliphatic carbocycles. The number of hydrogen-bond acceptors (Lipinski definition) is 4. The summed E-state index contributed by atoms with van der Waals surface area (Å²) in [6.45, 7) is 4.15. The summed E-state index contributed by atoms with van der Waals surface area (Å²) < 4.78 is 0. The van der Waals surface area contributed by atoms with Crippen LogP contribution in [0, 0.1) is 0 Å². The minimum atomic E-state index is -0.364. The van der Waals surface area contributed by atoms with Crippen molar-refractivity contribution in [2.75, 3.05) is 16.8 Å². The average Bonchev–Trinajstić information content (AvgIpc) is 2.22. The van der Waals surface area contributed by atoms with Gasteiger partial charge in [-0.05, 0) is 12.7 Å². The molecule has 0 amide bonds. The molecule has 0 fully saturated rings. The van der Waals surface area contributed by atoms with Gasteiger partial charge in [-0.3, -0.25) is 4.79 Å². The maximum atomic E-state index is 11.1. The van der Waals surface area contributed by atoms with Gasteiger partial charge in [-0.25, -0.2) is 5.10 Å². The molecule has 1 atom stereocenters. The van der Waals surface area contributed by atoms with E-state index in [0.29, 0.717) is 5.69 Å². The fourth-order valence-electron chi connectivity index (χ4n) is 1.09. The summed E-state index contributed by atoms with van der Waals surface area (Å²) in [7, 11) is 0. The molecule has 15 heavy (non-hydrogen) atoms. The molecular weight excluding hydrogens is 234 g/mol. The second kappa shape index (κ2) is 6.02. The van der Waals surface area contributed by atoms with Gasteiger partial charge < -0.3 is 5.32 Å². The maximum Gasteiger partial charge on any atom is 0.285 e. The normalized spacial score (nSPS) is 12.5. The molecule has 0 bridgehead atoms. The lowest BCUT2D eigenvalue weighted by Crippen LogP contribution is -2.21. The summed E-state index contributed by atoms with van der Waals surface area (Å²) in [5.74, 6) is 2.05. The first-order chi connectivity index (χ1) is 7.15. The van der Waals surface area contributed by atoms with Gasteiger partial charge in [-0.1, -0.05) is 18.5 Å². The van der Waals surface area contributed by atoms with Gasteiger partial charge in [-0.15, -0.1) is 0 Å². The molecule has 0 spiro atoms. The summed E-state index contributed by atoms with van der Waals surface area (Å²) in [4.78, 5) is 11.1. The molecule has 1 heterocycles. The zero-order valence-electron chi connectivity index (χ0n) is 8.71. The summed E-state index contributed by atoms with van der Waals surface area (Å²) in [5.41, 5.74) is 0.224. The lowest BCUT2D eigenvalue weighted by atomic mass is 10.3. The Kier molecular flexibility index (Phi) is 4.98.